The number of ether oxygens (including phenoxy) is 1. The van der Waals surface area contributed by atoms with Crippen LogP contribution in [0.2, 0.25) is 0 Å². The van der Waals surface area contributed by atoms with Crippen LogP contribution in [0.4, 0.5) is 0 Å². The van der Waals surface area contributed by atoms with Gasteiger partial charge in [0, 0.05) is 17.0 Å². The van der Waals surface area contributed by atoms with Crippen LogP contribution < -0.4 is 10.1 Å². The van der Waals surface area contributed by atoms with Crippen LogP contribution in [0.1, 0.15) is 45.1 Å². The van der Waals surface area contributed by atoms with Gasteiger partial charge in [0.25, 0.3) is 0 Å². The predicted molar refractivity (Wildman–Crippen MR) is 93.1 cm³/mol. The molecule has 0 bridgehead atoms. The molecule has 5 heteroatoms. The molecule has 1 saturated carbocycles. The Bertz CT molecular complexity index is 597. The first-order valence-corrected chi connectivity index (χ1v) is 8.16. The van der Waals surface area contributed by atoms with Crippen molar-refractivity contribution in [1.29, 1.82) is 0 Å². The van der Waals surface area contributed by atoms with Gasteiger partial charge in [-0.2, -0.15) is 5.10 Å². The van der Waals surface area contributed by atoms with Gasteiger partial charge in [-0.15, -0.1) is 12.4 Å². The number of nitrogens with zero attached hydrogens (tertiary/aromatic N) is 1. The van der Waals surface area contributed by atoms with E-state index in [1.54, 1.807) is 0 Å². The molecular formula is C17H26ClN3O. The Morgan fingerprint density at radius 3 is 2.95 bits per heavy atom. The lowest BCUT2D eigenvalue weighted by atomic mass is 9.92. The van der Waals surface area contributed by atoms with E-state index in [1.807, 2.05) is 6.20 Å². The number of aromatic nitrogens is 2. The Morgan fingerprint density at radius 1 is 1.32 bits per heavy atom. The third kappa shape index (κ3) is 3.55. The number of halogens is 1. The van der Waals surface area contributed by atoms with Crippen molar-refractivity contribution in [2.75, 3.05) is 6.54 Å². The summed E-state index contributed by atoms with van der Waals surface area (Å²) in [4.78, 5) is 0. The SMILES string of the molecule is CCN[C@H]1CCC[C@H](Oc2ccc3[nH]ncc3c2CC)C1.Cl. The van der Waals surface area contributed by atoms with E-state index in [2.05, 4.69) is 41.5 Å². The normalized spacial score (nSPS) is 21.5. The van der Waals surface area contributed by atoms with Crippen LogP contribution in [-0.4, -0.2) is 28.9 Å². The monoisotopic (exact) mass is 323 g/mol. The average Bonchev–Trinajstić information content (AvgIpc) is 2.96. The second-order valence-corrected chi connectivity index (χ2v) is 5.89. The van der Waals surface area contributed by atoms with Gasteiger partial charge in [-0.05, 0) is 50.8 Å². The number of H-pyrrole nitrogens is 1. The van der Waals surface area contributed by atoms with Gasteiger partial charge in [-0.1, -0.05) is 13.8 Å². The minimum absolute atomic E-state index is 0. The lowest BCUT2D eigenvalue weighted by Crippen LogP contribution is -2.38. The molecule has 1 aromatic carbocycles. The number of hydrogen-bond donors (Lipinski definition) is 2. The van der Waals surface area contributed by atoms with Crippen LogP contribution in [0.25, 0.3) is 10.9 Å². The molecule has 0 saturated heterocycles. The molecule has 2 aromatic rings. The highest BCUT2D eigenvalue weighted by molar-refractivity contribution is 5.85. The van der Waals surface area contributed by atoms with Crippen molar-refractivity contribution >= 4 is 23.3 Å². The molecule has 122 valence electrons. The molecule has 0 spiro atoms. The van der Waals surface area contributed by atoms with E-state index in [1.165, 1.54) is 23.8 Å². The fraction of sp³-hybridized carbons (Fsp3) is 0.588. The summed E-state index contributed by atoms with van der Waals surface area (Å²) in [6.07, 6.45) is 8.00. The molecule has 2 atom stereocenters. The van der Waals surface area contributed by atoms with E-state index in [9.17, 15) is 0 Å². The number of fused-ring (bicyclic) bond motifs is 1. The summed E-state index contributed by atoms with van der Waals surface area (Å²) in [5.74, 6) is 1.04. The van der Waals surface area contributed by atoms with E-state index >= 15 is 0 Å². The average molecular weight is 324 g/mol. The Morgan fingerprint density at radius 2 is 2.18 bits per heavy atom. The smallest absolute Gasteiger partial charge is 0.123 e. The quantitative estimate of drug-likeness (QED) is 0.878. The van der Waals surface area contributed by atoms with Crippen LogP contribution in [0.15, 0.2) is 18.3 Å². The first kappa shape index (κ1) is 17.1. The van der Waals surface area contributed by atoms with Gasteiger partial charge < -0.3 is 10.1 Å². The summed E-state index contributed by atoms with van der Waals surface area (Å²) < 4.78 is 6.35. The van der Waals surface area contributed by atoms with Crippen molar-refractivity contribution in [1.82, 2.24) is 15.5 Å². The third-order valence-corrected chi connectivity index (χ3v) is 4.46. The van der Waals surface area contributed by atoms with Gasteiger partial charge in [-0.3, -0.25) is 5.10 Å². The van der Waals surface area contributed by atoms with Crippen LogP contribution in [0.3, 0.4) is 0 Å². The summed E-state index contributed by atoms with van der Waals surface area (Å²) in [5, 5.41) is 11.9. The van der Waals surface area contributed by atoms with E-state index in [0.717, 1.165) is 37.1 Å². The van der Waals surface area contributed by atoms with Crippen molar-refractivity contribution in [3.8, 4) is 5.75 Å². The zero-order valence-corrected chi connectivity index (χ0v) is 14.2. The lowest BCUT2D eigenvalue weighted by Gasteiger charge is -2.30. The fourth-order valence-electron chi connectivity index (χ4n) is 3.44. The van der Waals surface area contributed by atoms with Crippen molar-refractivity contribution in [2.45, 2.75) is 58.1 Å². The molecule has 4 nitrogen and oxygen atoms in total. The summed E-state index contributed by atoms with van der Waals surface area (Å²) in [7, 11) is 0. The number of rotatable bonds is 5. The standard InChI is InChI=1S/C17H25N3O.ClH/c1-3-14-15-11-19-20-16(15)8-9-17(14)21-13-7-5-6-12(10-13)18-4-2;/h8-9,11-13,18H,3-7,10H2,1-2H3,(H,19,20);1H/t12-,13-;/m0./s1. The maximum absolute atomic E-state index is 6.35. The van der Waals surface area contributed by atoms with Crippen LogP contribution in [-0.2, 0) is 6.42 Å². The zero-order chi connectivity index (χ0) is 14.7. The molecule has 22 heavy (non-hydrogen) atoms. The number of aromatic amines is 1. The maximum Gasteiger partial charge on any atom is 0.123 e. The number of aryl methyl sites for hydroxylation is 1. The topological polar surface area (TPSA) is 49.9 Å². The van der Waals surface area contributed by atoms with Crippen LogP contribution in [0.5, 0.6) is 5.75 Å². The highest BCUT2D eigenvalue weighted by Gasteiger charge is 2.23. The fourth-order valence-corrected chi connectivity index (χ4v) is 3.44. The Labute approximate surface area is 138 Å². The Kier molecular flexibility index (Phi) is 6.09. The summed E-state index contributed by atoms with van der Waals surface area (Å²) in [6, 6.07) is 4.77. The third-order valence-electron chi connectivity index (χ3n) is 4.46. The van der Waals surface area contributed by atoms with Crippen LogP contribution in [0, 0.1) is 0 Å². The second-order valence-electron chi connectivity index (χ2n) is 5.89. The van der Waals surface area contributed by atoms with Crippen molar-refractivity contribution in [3.05, 3.63) is 23.9 Å². The van der Waals surface area contributed by atoms with Crippen molar-refractivity contribution in [3.63, 3.8) is 0 Å². The number of benzene rings is 1. The molecule has 1 aliphatic carbocycles. The Balaban J connectivity index is 0.00000176. The molecule has 1 heterocycles. The maximum atomic E-state index is 6.35. The highest BCUT2D eigenvalue weighted by atomic mass is 35.5. The van der Waals surface area contributed by atoms with E-state index in [-0.39, 0.29) is 12.4 Å². The molecule has 3 rings (SSSR count). The first-order valence-electron chi connectivity index (χ1n) is 8.16. The summed E-state index contributed by atoms with van der Waals surface area (Å²) >= 11 is 0. The summed E-state index contributed by atoms with van der Waals surface area (Å²) in [5.41, 5.74) is 2.36. The van der Waals surface area contributed by atoms with E-state index in [4.69, 9.17) is 4.74 Å². The van der Waals surface area contributed by atoms with Crippen molar-refractivity contribution in [2.24, 2.45) is 0 Å². The largest absolute Gasteiger partial charge is 0.490 e. The molecular weight excluding hydrogens is 298 g/mol. The summed E-state index contributed by atoms with van der Waals surface area (Å²) in [6.45, 7) is 5.39. The highest BCUT2D eigenvalue weighted by Crippen LogP contribution is 2.31. The molecule has 2 N–H and O–H groups in total. The molecule has 1 aromatic heterocycles. The minimum atomic E-state index is 0. The van der Waals surface area contributed by atoms with Gasteiger partial charge in [0.05, 0.1) is 11.7 Å². The lowest BCUT2D eigenvalue weighted by molar-refractivity contribution is 0.134. The molecule has 0 unspecified atom stereocenters. The molecule has 0 aliphatic heterocycles. The number of hydrogen-bond acceptors (Lipinski definition) is 3. The van der Waals surface area contributed by atoms with Gasteiger partial charge in [-0.25, -0.2) is 0 Å². The van der Waals surface area contributed by atoms with Gasteiger partial charge in [0.2, 0.25) is 0 Å². The Hall–Kier alpha value is -1.26. The molecule has 0 amide bonds. The molecule has 1 aliphatic rings. The van der Waals surface area contributed by atoms with Gasteiger partial charge in [0.1, 0.15) is 11.9 Å². The first-order chi connectivity index (χ1) is 10.3. The number of nitrogens with one attached hydrogen (secondary N) is 2. The van der Waals surface area contributed by atoms with E-state index in [0.29, 0.717) is 12.1 Å². The molecule has 1 fully saturated rings. The van der Waals surface area contributed by atoms with Gasteiger partial charge >= 0.3 is 0 Å². The molecule has 0 radical (unpaired) electrons. The second kappa shape index (κ2) is 7.84. The van der Waals surface area contributed by atoms with Crippen LogP contribution >= 0.6 is 12.4 Å². The van der Waals surface area contributed by atoms with E-state index < -0.39 is 0 Å². The van der Waals surface area contributed by atoms with Gasteiger partial charge in [0.15, 0.2) is 0 Å². The zero-order valence-electron chi connectivity index (χ0n) is 13.4. The van der Waals surface area contributed by atoms with Crippen molar-refractivity contribution < 1.29 is 4.74 Å². The predicted octanol–water partition coefficient (Wildman–Crippen LogP) is 3.85. The minimum Gasteiger partial charge on any atom is -0.490 e.